The summed E-state index contributed by atoms with van der Waals surface area (Å²) >= 11 is 0. The van der Waals surface area contributed by atoms with Gasteiger partial charge in [0, 0.05) is 10.2 Å². The van der Waals surface area contributed by atoms with E-state index in [1.54, 1.807) is 0 Å². The third kappa shape index (κ3) is 2.08. The maximum Gasteiger partial charge on any atom is 0.0324 e. The van der Waals surface area contributed by atoms with Crippen LogP contribution in [-0.4, -0.2) is 10.2 Å². The molecule has 0 unspecified atom stereocenters. The van der Waals surface area contributed by atoms with Crippen LogP contribution in [0, 0.1) is 17.8 Å². The Morgan fingerprint density at radius 3 is 0.909 bits per heavy atom. The molecule has 0 rings (SSSR count). The first kappa shape index (κ1) is 11.2. The van der Waals surface area contributed by atoms with Crippen LogP contribution in [0.25, 0.3) is 0 Å². The van der Waals surface area contributed by atoms with Gasteiger partial charge in [-0.15, -0.1) is 0 Å². The van der Waals surface area contributed by atoms with Gasteiger partial charge in [-0.05, 0) is 22.8 Å². The smallest absolute Gasteiger partial charge is 0.0324 e. The average molecular weight is 169 g/mol. The highest BCUT2D eigenvalue weighted by Crippen LogP contribution is 2.46. The van der Waals surface area contributed by atoms with Gasteiger partial charge in [0.2, 0.25) is 0 Å². The van der Waals surface area contributed by atoms with Crippen molar-refractivity contribution >= 4 is 10.2 Å². The van der Waals surface area contributed by atoms with Crippen molar-refractivity contribution in [3.8, 4) is 0 Å². The molecule has 0 N–H and O–H groups in total. The second-order valence-corrected chi connectivity index (χ2v) is 5.26. The molecule has 3 radical (unpaired) electrons. The van der Waals surface area contributed by atoms with Crippen LogP contribution in [0.3, 0.4) is 0 Å². The molecule has 0 amide bonds. The van der Waals surface area contributed by atoms with Gasteiger partial charge in [0.05, 0.1) is 0 Å². The molecule has 0 aliphatic heterocycles. The molecule has 0 aromatic rings. The first-order valence-electron chi connectivity index (χ1n) is 4.58. The van der Waals surface area contributed by atoms with Crippen LogP contribution in [0.4, 0.5) is 0 Å². The summed E-state index contributed by atoms with van der Waals surface area (Å²) in [5.74, 6) is 2.08. The Bertz CT molecular complexity index is 92.3. The second-order valence-electron chi connectivity index (χ2n) is 4.40. The van der Waals surface area contributed by atoms with E-state index in [4.69, 9.17) is 0 Å². The highest BCUT2D eigenvalue weighted by Gasteiger charge is 2.34. The minimum Gasteiger partial charge on any atom is -0.0625 e. The van der Waals surface area contributed by atoms with Crippen LogP contribution < -0.4 is 0 Å². The largest absolute Gasteiger partial charge is 0.0625 e. The van der Waals surface area contributed by atoms with E-state index in [1.165, 1.54) is 0 Å². The third-order valence-corrected chi connectivity index (χ3v) is 4.60. The van der Waals surface area contributed by atoms with Crippen molar-refractivity contribution in [2.24, 2.45) is 17.8 Å². The van der Waals surface area contributed by atoms with E-state index in [0.29, 0.717) is 22.8 Å². The van der Waals surface area contributed by atoms with Crippen molar-refractivity contribution in [3.63, 3.8) is 0 Å². The van der Waals surface area contributed by atoms with Crippen molar-refractivity contribution in [2.75, 3.05) is 0 Å². The molecule has 0 aromatic heterocycles. The molecule has 0 atom stereocenters. The fourth-order valence-corrected chi connectivity index (χ4v) is 2.00. The minimum absolute atomic E-state index is 0.306. The van der Waals surface area contributed by atoms with Crippen molar-refractivity contribution < 1.29 is 0 Å². The molecule has 0 saturated carbocycles. The highest BCUT2D eigenvalue weighted by atomic mass is 28.1. The Labute approximate surface area is 75.2 Å². The van der Waals surface area contributed by atoms with Gasteiger partial charge in [0.25, 0.3) is 0 Å². The van der Waals surface area contributed by atoms with Gasteiger partial charge in [0.15, 0.2) is 0 Å². The number of rotatable bonds is 3. The van der Waals surface area contributed by atoms with Crippen LogP contribution >= 0.6 is 0 Å². The predicted octanol–water partition coefficient (Wildman–Crippen LogP) is 3.28. The zero-order chi connectivity index (χ0) is 9.23. The predicted molar refractivity (Wildman–Crippen MR) is 53.0 cm³/mol. The molecule has 0 aliphatic rings. The zero-order valence-corrected chi connectivity index (χ0v) is 9.73. The maximum atomic E-state index is 3.93. The molecule has 0 saturated heterocycles. The average Bonchev–Trinajstić information content (AvgIpc) is 1.84. The molecular formula is C10H21Si. The molecule has 0 nitrogen and oxygen atoms in total. The Balaban J connectivity index is 4.53. The van der Waals surface area contributed by atoms with Gasteiger partial charge >= 0.3 is 0 Å². The van der Waals surface area contributed by atoms with Crippen molar-refractivity contribution in [2.45, 2.75) is 46.6 Å². The standard InChI is InChI=1S/C10H21Si/c1-7(2)10(11,8(3)4)9(5)6/h7-9H,1-6H3. The van der Waals surface area contributed by atoms with Gasteiger partial charge in [0.1, 0.15) is 0 Å². The summed E-state index contributed by atoms with van der Waals surface area (Å²) in [6, 6.07) is 0. The summed E-state index contributed by atoms with van der Waals surface area (Å²) in [7, 11) is 3.93. The molecule has 0 aliphatic carbocycles. The molecule has 0 bridgehead atoms. The lowest BCUT2D eigenvalue weighted by Crippen LogP contribution is -2.31. The SMILES string of the molecule is CC(C)C([Si])(C(C)C)C(C)C. The van der Waals surface area contributed by atoms with E-state index in [0.717, 1.165) is 0 Å². The fourth-order valence-electron chi connectivity index (χ4n) is 2.00. The van der Waals surface area contributed by atoms with E-state index < -0.39 is 0 Å². The quantitative estimate of drug-likeness (QED) is 0.569. The molecule has 65 valence electrons. The fraction of sp³-hybridized carbons (Fsp3) is 1.00. The summed E-state index contributed by atoms with van der Waals surface area (Å²) in [5.41, 5.74) is 0. The molecule has 11 heavy (non-hydrogen) atoms. The van der Waals surface area contributed by atoms with Crippen LogP contribution in [0.2, 0.25) is 5.04 Å². The van der Waals surface area contributed by atoms with Crippen LogP contribution in [0.15, 0.2) is 0 Å². The lowest BCUT2D eigenvalue weighted by Gasteiger charge is -2.41. The highest BCUT2D eigenvalue weighted by molar-refractivity contribution is 6.15. The van der Waals surface area contributed by atoms with Gasteiger partial charge in [-0.25, -0.2) is 0 Å². The van der Waals surface area contributed by atoms with E-state index in [9.17, 15) is 0 Å². The van der Waals surface area contributed by atoms with Crippen LogP contribution in [-0.2, 0) is 0 Å². The summed E-state index contributed by atoms with van der Waals surface area (Å²) < 4.78 is 0. The van der Waals surface area contributed by atoms with Gasteiger partial charge in [-0.2, -0.15) is 0 Å². The van der Waals surface area contributed by atoms with E-state index in [-0.39, 0.29) is 0 Å². The number of hydrogen-bond acceptors (Lipinski definition) is 0. The molecule has 1 heteroatoms. The molecule has 0 spiro atoms. The Kier molecular flexibility index (Phi) is 3.82. The topological polar surface area (TPSA) is 0 Å². The number of hydrogen-bond donors (Lipinski definition) is 0. The maximum absolute atomic E-state index is 3.93. The van der Waals surface area contributed by atoms with Gasteiger partial charge in [-0.1, -0.05) is 41.5 Å². The van der Waals surface area contributed by atoms with Crippen LogP contribution in [0.1, 0.15) is 41.5 Å². The van der Waals surface area contributed by atoms with Gasteiger partial charge < -0.3 is 0 Å². The first-order valence-corrected chi connectivity index (χ1v) is 5.08. The van der Waals surface area contributed by atoms with Crippen molar-refractivity contribution in [3.05, 3.63) is 0 Å². The zero-order valence-electron chi connectivity index (χ0n) is 8.73. The summed E-state index contributed by atoms with van der Waals surface area (Å²) in [5, 5.41) is 0.306. The Morgan fingerprint density at radius 1 is 0.727 bits per heavy atom. The monoisotopic (exact) mass is 169 g/mol. The van der Waals surface area contributed by atoms with E-state index >= 15 is 0 Å². The molecule has 0 fully saturated rings. The van der Waals surface area contributed by atoms with E-state index in [2.05, 4.69) is 51.8 Å². The third-order valence-electron chi connectivity index (χ3n) is 2.87. The minimum atomic E-state index is 0.306. The van der Waals surface area contributed by atoms with Crippen molar-refractivity contribution in [1.82, 2.24) is 0 Å². The lowest BCUT2D eigenvalue weighted by molar-refractivity contribution is 0.236. The molecule has 0 aromatic carbocycles. The van der Waals surface area contributed by atoms with Crippen LogP contribution in [0.5, 0.6) is 0 Å². The summed E-state index contributed by atoms with van der Waals surface area (Å²) in [4.78, 5) is 0. The Morgan fingerprint density at radius 2 is 0.909 bits per heavy atom. The normalized spacial score (nSPS) is 13.6. The Hall–Kier alpha value is 0.217. The first-order chi connectivity index (χ1) is 4.83. The lowest BCUT2D eigenvalue weighted by atomic mass is 9.76. The summed E-state index contributed by atoms with van der Waals surface area (Å²) in [6.07, 6.45) is 0. The molecule has 0 heterocycles. The second kappa shape index (κ2) is 3.75. The molecular weight excluding hydrogens is 148 g/mol. The van der Waals surface area contributed by atoms with E-state index in [1.807, 2.05) is 0 Å². The summed E-state index contributed by atoms with van der Waals surface area (Å²) in [6.45, 7) is 13.7. The van der Waals surface area contributed by atoms with Gasteiger partial charge in [-0.3, -0.25) is 0 Å². The van der Waals surface area contributed by atoms with Crippen molar-refractivity contribution in [1.29, 1.82) is 0 Å².